The Morgan fingerprint density at radius 2 is 1.24 bits per heavy atom. The van der Waals surface area contributed by atoms with Crippen molar-refractivity contribution in [3.8, 4) is 0 Å². The van der Waals surface area contributed by atoms with Crippen molar-refractivity contribution < 1.29 is 9.59 Å². The number of aromatic nitrogens is 4. The summed E-state index contributed by atoms with van der Waals surface area (Å²) in [4.78, 5) is 24.9. The van der Waals surface area contributed by atoms with Crippen LogP contribution >= 0.6 is 45.9 Å². The molecule has 0 radical (unpaired) electrons. The van der Waals surface area contributed by atoms with Crippen molar-refractivity contribution in [2.45, 2.75) is 50.4 Å². The van der Waals surface area contributed by atoms with Gasteiger partial charge in [0.2, 0.25) is 22.1 Å². The molecule has 4 aromatic rings. The first-order valence-corrected chi connectivity index (χ1v) is 14.6. The highest BCUT2D eigenvalue weighted by atomic mass is 35.5. The van der Waals surface area contributed by atoms with Crippen LogP contribution in [0.4, 0.5) is 10.3 Å². The molecule has 12 heteroatoms. The summed E-state index contributed by atoms with van der Waals surface area (Å²) >= 11 is 14.8. The molecule has 8 nitrogen and oxygen atoms in total. The van der Waals surface area contributed by atoms with Crippen LogP contribution in [0.15, 0.2) is 48.5 Å². The average Bonchev–Trinajstić information content (AvgIpc) is 3.54. The average molecular weight is 588 g/mol. The summed E-state index contributed by atoms with van der Waals surface area (Å²) in [6.45, 7) is 0. The molecule has 1 aliphatic carbocycles. The van der Waals surface area contributed by atoms with Gasteiger partial charge in [0.25, 0.3) is 0 Å². The molecule has 38 heavy (non-hydrogen) atoms. The quantitative estimate of drug-likeness (QED) is 0.244. The summed E-state index contributed by atoms with van der Waals surface area (Å²) in [7, 11) is 0. The number of carbonyl (C=O) groups is 2. The van der Waals surface area contributed by atoms with Crippen LogP contribution in [0, 0.1) is 0 Å². The van der Waals surface area contributed by atoms with Gasteiger partial charge in [-0.15, -0.1) is 20.4 Å². The number of hydrogen-bond donors (Lipinski definition) is 2. The summed E-state index contributed by atoms with van der Waals surface area (Å²) < 4.78 is 0. The maximum atomic E-state index is 12.4. The maximum absolute atomic E-state index is 12.4. The van der Waals surface area contributed by atoms with E-state index in [4.69, 9.17) is 23.2 Å². The predicted octanol–water partition coefficient (Wildman–Crippen LogP) is 6.50. The molecule has 2 aromatic carbocycles. The van der Waals surface area contributed by atoms with Gasteiger partial charge >= 0.3 is 0 Å². The molecule has 2 amide bonds. The van der Waals surface area contributed by atoms with Gasteiger partial charge in [-0.25, -0.2) is 0 Å². The summed E-state index contributed by atoms with van der Waals surface area (Å²) in [6, 6.07) is 14.5. The molecular formula is C26H24Cl2N6O2S2. The summed E-state index contributed by atoms with van der Waals surface area (Å²) in [6.07, 6.45) is 4.34. The number of carbonyl (C=O) groups excluding carboxylic acids is 2. The smallest absolute Gasteiger partial charge is 0.230 e. The Morgan fingerprint density at radius 3 is 1.68 bits per heavy atom. The fourth-order valence-electron chi connectivity index (χ4n) is 4.53. The first-order chi connectivity index (χ1) is 18.4. The zero-order valence-electron chi connectivity index (χ0n) is 20.2. The number of benzene rings is 2. The Labute approximate surface area is 237 Å². The Kier molecular flexibility index (Phi) is 8.63. The number of amides is 2. The molecule has 0 bridgehead atoms. The number of anilines is 2. The molecule has 1 aliphatic rings. The second kappa shape index (κ2) is 12.3. The van der Waals surface area contributed by atoms with Crippen molar-refractivity contribution in [2.75, 3.05) is 10.6 Å². The van der Waals surface area contributed by atoms with Crippen LogP contribution < -0.4 is 10.6 Å². The van der Waals surface area contributed by atoms with E-state index in [9.17, 15) is 9.59 Å². The molecule has 2 aromatic heterocycles. The van der Waals surface area contributed by atoms with Gasteiger partial charge in [-0.05, 0) is 54.7 Å². The molecule has 0 aliphatic heterocycles. The number of nitrogens with one attached hydrogen (secondary N) is 2. The van der Waals surface area contributed by atoms with Crippen LogP contribution in [-0.2, 0) is 22.4 Å². The molecule has 0 unspecified atom stereocenters. The third kappa shape index (κ3) is 7.13. The van der Waals surface area contributed by atoms with Crippen molar-refractivity contribution in [1.29, 1.82) is 0 Å². The molecule has 196 valence electrons. The second-order valence-corrected chi connectivity index (χ2v) is 12.1. The van der Waals surface area contributed by atoms with E-state index >= 15 is 0 Å². The topological polar surface area (TPSA) is 110 Å². The van der Waals surface area contributed by atoms with E-state index < -0.39 is 0 Å². The fourth-order valence-corrected chi connectivity index (χ4v) is 6.77. The van der Waals surface area contributed by atoms with E-state index in [0.717, 1.165) is 46.8 Å². The van der Waals surface area contributed by atoms with Crippen LogP contribution in [0.3, 0.4) is 0 Å². The number of nitrogens with zero attached hydrogens (tertiary/aromatic N) is 4. The normalized spacial score (nSPS) is 17.2. The van der Waals surface area contributed by atoms with Crippen LogP contribution in [-0.4, -0.2) is 32.2 Å². The van der Waals surface area contributed by atoms with Gasteiger partial charge in [0, 0.05) is 21.9 Å². The van der Waals surface area contributed by atoms with Crippen LogP contribution in [0.25, 0.3) is 0 Å². The predicted molar refractivity (Wildman–Crippen MR) is 151 cm³/mol. The minimum absolute atomic E-state index is 0.157. The molecule has 1 fully saturated rings. The molecule has 1 saturated carbocycles. The van der Waals surface area contributed by atoms with E-state index in [2.05, 4.69) is 31.0 Å². The van der Waals surface area contributed by atoms with E-state index in [1.807, 2.05) is 24.3 Å². The van der Waals surface area contributed by atoms with E-state index in [1.165, 1.54) is 22.7 Å². The van der Waals surface area contributed by atoms with Gasteiger partial charge in [0.15, 0.2) is 0 Å². The first-order valence-electron chi connectivity index (χ1n) is 12.2. The Morgan fingerprint density at radius 1 is 0.763 bits per heavy atom. The lowest BCUT2D eigenvalue weighted by molar-refractivity contribution is -0.116. The molecule has 2 atom stereocenters. The van der Waals surface area contributed by atoms with Crippen LogP contribution in [0.2, 0.25) is 10.0 Å². The van der Waals surface area contributed by atoms with Gasteiger partial charge in [0.05, 0.1) is 12.8 Å². The lowest BCUT2D eigenvalue weighted by Crippen LogP contribution is -2.14. The molecular weight excluding hydrogens is 563 g/mol. The Balaban J connectivity index is 1.15. The van der Waals surface area contributed by atoms with Crippen LogP contribution in [0.1, 0.15) is 58.7 Å². The third-order valence-electron chi connectivity index (χ3n) is 6.25. The largest absolute Gasteiger partial charge is 0.300 e. The van der Waals surface area contributed by atoms with Crippen molar-refractivity contribution in [2.24, 2.45) is 0 Å². The summed E-state index contributed by atoms with van der Waals surface area (Å²) in [5.41, 5.74) is 1.68. The van der Waals surface area contributed by atoms with E-state index in [1.54, 1.807) is 24.3 Å². The maximum Gasteiger partial charge on any atom is 0.230 e. The summed E-state index contributed by atoms with van der Waals surface area (Å²) in [5, 5.41) is 26.8. The minimum atomic E-state index is -0.157. The fraction of sp³-hybridized carbons (Fsp3) is 0.308. The van der Waals surface area contributed by atoms with Crippen molar-refractivity contribution in [3.05, 3.63) is 79.7 Å². The number of halogens is 2. The molecule has 5 rings (SSSR count). The van der Waals surface area contributed by atoms with E-state index in [-0.39, 0.29) is 36.5 Å². The molecule has 0 saturated heterocycles. The Bertz CT molecular complexity index is 1340. The zero-order chi connectivity index (χ0) is 26.5. The van der Waals surface area contributed by atoms with E-state index in [0.29, 0.717) is 20.3 Å². The minimum Gasteiger partial charge on any atom is -0.300 e. The van der Waals surface area contributed by atoms with Crippen molar-refractivity contribution in [3.63, 3.8) is 0 Å². The standard InChI is InChI=1S/C26H24Cl2N6O2S2/c27-19-8-1-4-15(10-19)12-21(35)29-25-33-31-23(37-25)17-6-3-7-18(14-17)24-32-34-26(38-24)30-22(36)13-16-5-2-9-20(28)11-16/h1-2,4-5,8-11,17-18H,3,6-7,12-14H2,(H,29,33,35)(H,30,34,36)/t17-,18-/m0/s1. The van der Waals surface area contributed by atoms with Gasteiger partial charge in [0.1, 0.15) is 10.0 Å². The number of rotatable bonds is 8. The Hall–Kier alpha value is -2.92. The van der Waals surface area contributed by atoms with Crippen molar-refractivity contribution >= 4 is 68.0 Å². The van der Waals surface area contributed by atoms with Crippen LogP contribution in [0.5, 0.6) is 0 Å². The van der Waals surface area contributed by atoms with Crippen molar-refractivity contribution in [1.82, 2.24) is 20.4 Å². The lowest BCUT2D eigenvalue weighted by atomic mass is 9.82. The highest BCUT2D eigenvalue weighted by Crippen LogP contribution is 2.43. The van der Waals surface area contributed by atoms with Gasteiger partial charge < -0.3 is 10.6 Å². The lowest BCUT2D eigenvalue weighted by Gasteiger charge is -2.25. The van der Waals surface area contributed by atoms with Gasteiger partial charge in [-0.1, -0.05) is 76.6 Å². The first kappa shape index (κ1) is 26.7. The zero-order valence-corrected chi connectivity index (χ0v) is 23.3. The molecule has 2 N–H and O–H groups in total. The molecule has 2 heterocycles. The molecule has 0 spiro atoms. The third-order valence-corrected chi connectivity index (χ3v) is 8.73. The summed E-state index contributed by atoms with van der Waals surface area (Å²) in [5.74, 6) is 0.148. The second-order valence-electron chi connectivity index (χ2n) is 9.16. The monoisotopic (exact) mass is 586 g/mol. The van der Waals surface area contributed by atoms with Gasteiger partial charge in [-0.3, -0.25) is 9.59 Å². The highest BCUT2D eigenvalue weighted by Gasteiger charge is 2.29. The highest BCUT2D eigenvalue weighted by molar-refractivity contribution is 7.15. The number of hydrogen-bond acceptors (Lipinski definition) is 8. The van der Waals surface area contributed by atoms with Gasteiger partial charge in [-0.2, -0.15) is 0 Å². The SMILES string of the molecule is O=C(Cc1cccc(Cl)c1)Nc1nnc([C@H]2CCC[C@H](c3nnc(NC(=O)Cc4cccc(Cl)c4)s3)C2)s1.